The summed E-state index contributed by atoms with van der Waals surface area (Å²) in [5.74, 6) is -0.709. The number of rotatable bonds is 10. The molecular weight excluding hydrogens is 322 g/mol. The van der Waals surface area contributed by atoms with E-state index >= 15 is 0 Å². The highest BCUT2D eigenvalue weighted by molar-refractivity contribution is 6.30. The van der Waals surface area contributed by atoms with E-state index in [1.807, 2.05) is 6.92 Å². The summed E-state index contributed by atoms with van der Waals surface area (Å²) in [4.78, 5) is 22.1. The van der Waals surface area contributed by atoms with Gasteiger partial charge in [0.2, 0.25) is 0 Å². The fourth-order valence-corrected chi connectivity index (χ4v) is 2.38. The minimum atomic E-state index is -0.489. The number of unbranched alkanes of at least 4 members (excludes halogenated alkanes) is 2. The van der Waals surface area contributed by atoms with Crippen molar-refractivity contribution >= 4 is 23.3 Å². The number of esters is 1. The van der Waals surface area contributed by atoms with Crippen LogP contribution in [0.4, 0.5) is 5.69 Å². The molecule has 1 unspecified atom stereocenters. The van der Waals surface area contributed by atoms with Crippen molar-refractivity contribution in [2.24, 2.45) is 5.92 Å². The Balaban J connectivity index is 2.61. The monoisotopic (exact) mass is 343 g/mol. The zero-order chi connectivity index (χ0) is 17.2. The van der Waals surface area contributed by atoms with Gasteiger partial charge in [0.05, 0.1) is 11.5 Å². The van der Waals surface area contributed by atoms with E-state index in [1.54, 1.807) is 0 Å². The zero-order valence-corrected chi connectivity index (χ0v) is 13.9. The van der Waals surface area contributed by atoms with E-state index in [-0.39, 0.29) is 31.3 Å². The average molecular weight is 344 g/mol. The highest BCUT2D eigenvalue weighted by Crippen LogP contribution is 2.25. The number of halogens is 1. The summed E-state index contributed by atoms with van der Waals surface area (Å²) in [5.41, 5.74) is 0.366. The standard InChI is InChI=1S/C16H22ClNO5/c1-2-3-4-5-16(20)23-11-12(10-19)8-13-9-14(17)6-7-15(13)18(21)22/h6-7,9,12,19H,2-5,8,10-11H2,1H3. The molecule has 0 bridgehead atoms. The van der Waals surface area contributed by atoms with Crippen LogP contribution >= 0.6 is 11.6 Å². The van der Waals surface area contributed by atoms with Crippen molar-refractivity contribution in [3.63, 3.8) is 0 Å². The molecule has 1 aromatic carbocycles. The summed E-state index contributed by atoms with van der Waals surface area (Å²) in [6, 6.07) is 4.29. The lowest BCUT2D eigenvalue weighted by atomic mass is 9.99. The second kappa shape index (κ2) is 10.2. The van der Waals surface area contributed by atoms with Crippen LogP contribution in [0.2, 0.25) is 5.02 Å². The number of hydrogen-bond acceptors (Lipinski definition) is 5. The molecule has 0 aliphatic heterocycles. The van der Waals surface area contributed by atoms with Crippen LogP contribution in [-0.4, -0.2) is 29.2 Å². The lowest BCUT2D eigenvalue weighted by Crippen LogP contribution is -2.20. The minimum absolute atomic E-state index is 0.0329. The number of aliphatic hydroxyl groups is 1. The van der Waals surface area contributed by atoms with Gasteiger partial charge in [-0.3, -0.25) is 14.9 Å². The van der Waals surface area contributed by atoms with Crippen molar-refractivity contribution in [2.45, 2.75) is 39.0 Å². The summed E-state index contributed by atoms with van der Waals surface area (Å²) in [6.45, 7) is 1.85. The third kappa shape index (κ3) is 6.97. The van der Waals surface area contributed by atoms with E-state index in [2.05, 4.69) is 0 Å². The molecule has 0 aromatic heterocycles. The summed E-state index contributed by atoms with van der Waals surface area (Å²) >= 11 is 5.88. The third-order valence-electron chi connectivity index (χ3n) is 3.47. The van der Waals surface area contributed by atoms with Crippen molar-refractivity contribution in [1.29, 1.82) is 0 Å². The summed E-state index contributed by atoms with van der Waals surface area (Å²) in [5, 5.41) is 20.8. The molecule has 1 atom stereocenters. The number of nitro groups is 1. The molecular formula is C16H22ClNO5. The number of benzene rings is 1. The molecule has 1 aromatic rings. The molecule has 128 valence electrons. The van der Waals surface area contributed by atoms with E-state index in [0.717, 1.165) is 19.3 Å². The number of ether oxygens (including phenoxy) is 1. The van der Waals surface area contributed by atoms with Gasteiger partial charge in [-0.15, -0.1) is 0 Å². The molecule has 1 rings (SSSR count). The largest absolute Gasteiger partial charge is 0.465 e. The average Bonchev–Trinajstić information content (AvgIpc) is 2.51. The van der Waals surface area contributed by atoms with Gasteiger partial charge in [0.1, 0.15) is 0 Å². The lowest BCUT2D eigenvalue weighted by Gasteiger charge is -2.15. The van der Waals surface area contributed by atoms with Gasteiger partial charge in [0.15, 0.2) is 0 Å². The quantitative estimate of drug-likeness (QED) is 0.304. The highest BCUT2D eigenvalue weighted by Gasteiger charge is 2.19. The van der Waals surface area contributed by atoms with E-state index in [4.69, 9.17) is 16.3 Å². The molecule has 6 nitrogen and oxygen atoms in total. The van der Waals surface area contributed by atoms with Gasteiger partial charge < -0.3 is 9.84 Å². The maximum Gasteiger partial charge on any atom is 0.305 e. The van der Waals surface area contributed by atoms with Gasteiger partial charge in [0, 0.05) is 35.6 Å². The second-order valence-corrected chi connectivity index (χ2v) is 5.86. The van der Waals surface area contributed by atoms with Crippen LogP contribution in [-0.2, 0) is 16.0 Å². The zero-order valence-electron chi connectivity index (χ0n) is 13.2. The van der Waals surface area contributed by atoms with Gasteiger partial charge in [-0.1, -0.05) is 31.4 Å². The molecule has 0 aliphatic carbocycles. The van der Waals surface area contributed by atoms with Gasteiger partial charge in [-0.25, -0.2) is 0 Å². The molecule has 0 saturated heterocycles. The number of aliphatic hydroxyl groups excluding tert-OH is 1. The molecule has 0 aliphatic rings. The molecule has 7 heteroatoms. The predicted octanol–water partition coefficient (Wildman–Crippen LogP) is 3.52. The molecule has 0 radical (unpaired) electrons. The van der Waals surface area contributed by atoms with E-state index in [0.29, 0.717) is 17.0 Å². The number of nitrogens with zero attached hydrogens (tertiary/aromatic N) is 1. The van der Waals surface area contributed by atoms with Crippen molar-refractivity contribution in [3.8, 4) is 0 Å². The van der Waals surface area contributed by atoms with Gasteiger partial charge in [-0.05, 0) is 25.0 Å². The number of carbonyl (C=O) groups excluding carboxylic acids is 1. The smallest absolute Gasteiger partial charge is 0.305 e. The first-order valence-corrected chi connectivity index (χ1v) is 8.05. The Hall–Kier alpha value is -1.66. The third-order valence-corrected chi connectivity index (χ3v) is 3.70. The van der Waals surface area contributed by atoms with Gasteiger partial charge in [0.25, 0.3) is 5.69 Å². The maximum absolute atomic E-state index is 11.6. The van der Waals surface area contributed by atoms with Crippen LogP contribution in [0.3, 0.4) is 0 Å². The van der Waals surface area contributed by atoms with E-state index < -0.39 is 10.8 Å². The molecule has 0 amide bonds. The second-order valence-electron chi connectivity index (χ2n) is 5.42. The minimum Gasteiger partial charge on any atom is -0.465 e. The number of hydrogen-bond donors (Lipinski definition) is 1. The van der Waals surface area contributed by atoms with E-state index in [9.17, 15) is 20.0 Å². The van der Waals surface area contributed by atoms with Crippen LogP contribution in [0.5, 0.6) is 0 Å². The van der Waals surface area contributed by atoms with Crippen LogP contribution in [0.1, 0.15) is 38.2 Å². The molecule has 0 spiro atoms. The molecule has 0 saturated carbocycles. The Kier molecular flexibility index (Phi) is 8.58. The Morgan fingerprint density at radius 1 is 1.43 bits per heavy atom. The van der Waals surface area contributed by atoms with Crippen molar-refractivity contribution in [2.75, 3.05) is 13.2 Å². The topological polar surface area (TPSA) is 89.7 Å². The van der Waals surface area contributed by atoms with Crippen molar-refractivity contribution in [1.82, 2.24) is 0 Å². The Morgan fingerprint density at radius 2 is 2.17 bits per heavy atom. The first-order chi connectivity index (χ1) is 11.0. The summed E-state index contributed by atoms with van der Waals surface area (Å²) in [6.07, 6.45) is 3.33. The Labute approximate surface area is 140 Å². The highest BCUT2D eigenvalue weighted by atomic mass is 35.5. The Morgan fingerprint density at radius 3 is 2.78 bits per heavy atom. The maximum atomic E-state index is 11.6. The van der Waals surface area contributed by atoms with Crippen LogP contribution in [0.15, 0.2) is 18.2 Å². The summed E-state index contributed by atoms with van der Waals surface area (Å²) < 4.78 is 5.14. The van der Waals surface area contributed by atoms with Crippen LogP contribution in [0.25, 0.3) is 0 Å². The van der Waals surface area contributed by atoms with Gasteiger partial charge >= 0.3 is 5.97 Å². The lowest BCUT2D eigenvalue weighted by molar-refractivity contribution is -0.385. The number of carbonyl (C=O) groups is 1. The molecule has 0 fully saturated rings. The summed E-state index contributed by atoms with van der Waals surface area (Å²) in [7, 11) is 0. The fourth-order valence-electron chi connectivity index (χ4n) is 2.19. The van der Waals surface area contributed by atoms with Crippen LogP contribution < -0.4 is 0 Å². The predicted molar refractivity (Wildman–Crippen MR) is 87.5 cm³/mol. The Bertz CT molecular complexity index is 535. The molecule has 23 heavy (non-hydrogen) atoms. The normalized spacial score (nSPS) is 12.0. The SMILES string of the molecule is CCCCCC(=O)OCC(CO)Cc1cc(Cl)ccc1[N+](=O)[O-]. The van der Waals surface area contributed by atoms with Gasteiger partial charge in [-0.2, -0.15) is 0 Å². The van der Waals surface area contributed by atoms with Crippen LogP contribution in [0, 0.1) is 16.0 Å². The van der Waals surface area contributed by atoms with Crippen molar-refractivity contribution < 1.29 is 19.6 Å². The fraction of sp³-hybridized carbons (Fsp3) is 0.562. The number of nitro benzene ring substituents is 1. The molecule has 0 heterocycles. The van der Waals surface area contributed by atoms with E-state index in [1.165, 1.54) is 18.2 Å². The first kappa shape index (κ1) is 19.4. The first-order valence-electron chi connectivity index (χ1n) is 7.67. The van der Waals surface area contributed by atoms with Crippen molar-refractivity contribution in [3.05, 3.63) is 38.9 Å². The molecule has 1 N–H and O–H groups in total.